The van der Waals surface area contributed by atoms with Crippen molar-refractivity contribution in [3.63, 3.8) is 0 Å². The average Bonchev–Trinajstić information content (AvgIpc) is 3.19. The summed E-state index contributed by atoms with van der Waals surface area (Å²) >= 11 is 23.9. The summed E-state index contributed by atoms with van der Waals surface area (Å²) < 4.78 is 5.65. The molecular formula is C20H9Cl4N3O4. The molecule has 0 bridgehead atoms. The van der Waals surface area contributed by atoms with Gasteiger partial charge in [-0.05, 0) is 30.3 Å². The van der Waals surface area contributed by atoms with Gasteiger partial charge < -0.3 is 9.73 Å². The zero-order valence-corrected chi connectivity index (χ0v) is 18.2. The monoisotopic (exact) mass is 495 g/mol. The molecule has 1 N–H and O–H groups in total. The van der Waals surface area contributed by atoms with Gasteiger partial charge in [0.05, 0.1) is 30.7 Å². The number of hydrogen-bond donors (Lipinski definition) is 1. The predicted molar refractivity (Wildman–Crippen MR) is 120 cm³/mol. The fourth-order valence-electron chi connectivity index (χ4n) is 2.49. The van der Waals surface area contributed by atoms with Crippen LogP contribution in [-0.2, 0) is 4.79 Å². The summed E-state index contributed by atoms with van der Waals surface area (Å²) in [4.78, 5) is 22.7. The summed E-state index contributed by atoms with van der Waals surface area (Å²) in [5.74, 6) is -0.148. The van der Waals surface area contributed by atoms with Gasteiger partial charge in [0.15, 0.2) is 0 Å². The number of anilines is 1. The molecule has 3 aromatic rings. The van der Waals surface area contributed by atoms with Crippen LogP contribution < -0.4 is 5.32 Å². The lowest BCUT2D eigenvalue weighted by Gasteiger charge is -2.08. The van der Waals surface area contributed by atoms with Crippen LogP contribution in [0.25, 0.3) is 17.4 Å². The fraction of sp³-hybridized carbons (Fsp3) is 0. The lowest BCUT2D eigenvalue weighted by molar-refractivity contribution is -0.384. The van der Waals surface area contributed by atoms with E-state index in [0.29, 0.717) is 21.4 Å². The molecule has 0 aliphatic heterocycles. The SMILES string of the molecule is N#C/C(=C\c1ccc(-c2ccc(Cl)c(Cl)c2)o1)C(=O)Nc1c(Cl)cc([N+](=O)[O-])cc1Cl. The molecule has 1 heterocycles. The summed E-state index contributed by atoms with van der Waals surface area (Å²) in [6.45, 7) is 0. The molecule has 0 unspecified atom stereocenters. The van der Waals surface area contributed by atoms with Crippen LogP contribution >= 0.6 is 46.4 Å². The Morgan fingerprint density at radius 2 is 1.71 bits per heavy atom. The van der Waals surface area contributed by atoms with Gasteiger partial charge in [-0.2, -0.15) is 5.26 Å². The van der Waals surface area contributed by atoms with Crippen molar-refractivity contribution in [3.8, 4) is 17.4 Å². The van der Waals surface area contributed by atoms with E-state index < -0.39 is 10.8 Å². The van der Waals surface area contributed by atoms with Gasteiger partial charge in [0.2, 0.25) is 0 Å². The lowest BCUT2D eigenvalue weighted by Crippen LogP contribution is -2.14. The largest absolute Gasteiger partial charge is 0.457 e. The smallest absolute Gasteiger partial charge is 0.272 e. The van der Waals surface area contributed by atoms with Crippen LogP contribution in [0.2, 0.25) is 20.1 Å². The summed E-state index contributed by atoms with van der Waals surface area (Å²) in [5.41, 5.74) is -0.0486. The molecule has 0 saturated heterocycles. The summed E-state index contributed by atoms with van der Waals surface area (Å²) in [5, 5.41) is 23.1. The van der Waals surface area contributed by atoms with Gasteiger partial charge in [-0.3, -0.25) is 14.9 Å². The van der Waals surface area contributed by atoms with E-state index in [2.05, 4.69) is 5.32 Å². The number of hydrogen-bond acceptors (Lipinski definition) is 5. The van der Waals surface area contributed by atoms with Gasteiger partial charge in [-0.15, -0.1) is 0 Å². The van der Waals surface area contributed by atoms with Crippen molar-refractivity contribution in [2.45, 2.75) is 0 Å². The van der Waals surface area contributed by atoms with Gasteiger partial charge >= 0.3 is 0 Å². The van der Waals surface area contributed by atoms with Crippen LogP contribution in [0.3, 0.4) is 0 Å². The van der Waals surface area contributed by atoms with Crippen molar-refractivity contribution in [1.82, 2.24) is 0 Å². The molecule has 0 aliphatic carbocycles. The van der Waals surface area contributed by atoms with E-state index >= 15 is 0 Å². The zero-order valence-electron chi connectivity index (χ0n) is 15.2. The highest BCUT2D eigenvalue weighted by Crippen LogP contribution is 2.35. The molecule has 156 valence electrons. The van der Waals surface area contributed by atoms with Gasteiger partial charge in [0.1, 0.15) is 23.2 Å². The summed E-state index contributed by atoms with van der Waals surface area (Å²) in [6, 6.07) is 12.0. The second-order valence-electron chi connectivity index (χ2n) is 6.00. The Hall–Kier alpha value is -3.02. The van der Waals surface area contributed by atoms with E-state index in [-0.39, 0.29) is 32.8 Å². The quantitative estimate of drug-likeness (QED) is 0.177. The highest BCUT2D eigenvalue weighted by Gasteiger charge is 2.19. The molecule has 1 aromatic heterocycles. The molecule has 1 amide bonds. The van der Waals surface area contributed by atoms with Crippen LogP contribution in [0.5, 0.6) is 0 Å². The Balaban J connectivity index is 1.85. The highest BCUT2D eigenvalue weighted by molar-refractivity contribution is 6.42. The van der Waals surface area contributed by atoms with Crippen LogP contribution in [0.1, 0.15) is 5.76 Å². The number of rotatable bonds is 5. The summed E-state index contributed by atoms with van der Waals surface area (Å²) in [7, 11) is 0. The van der Waals surface area contributed by atoms with Crippen LogP contribution in [0.15, 0.2) is 52.5 Å². The molecule has 31 heavy (non-hydrogen) atoms. The Morgan fingerprint density at radius 1 is 1.03 bits per heavy atom. The number of nitrogens with zero attached hydrogens (tertiary/aromatic N) is 2. The third-order valence-electron chi connectivity index (χ3n) is 3.96. The number of non-ortho nitro benzene ring substituents is 1. The van der Waals surface area contributed by atoms with Crippen molar-refractivity contribution in [3.05, 3.63) is 84.0 Å². The van der Waals surface area contributed by atoms with Gasteiger partial charge in [0, 0.05) is 23.8 Å². The normalized spacial score (nSPS) is 11.1. The minimum atomic E-state index is -0.826. The number of amides is 1. The molecular weight excluding hydrogens is 488 g/mol. The van der Waals surface area contributed by atoms with Crippen molar-refractivity contribution in [2.75, 3.05) is 5.32 Å². The maximum atomic E-state index is 12.5. The first kappa shape index (κ1) is 22.7. The number of nitriles is 1. The number of carbonyl (C=O) groups is 1. The van der Waals surface area contributed by atoms with E-state index in [4.69, 9.17) is 50.8 Å². The lowest BCUT2D eigenvalue weighted by atomic mass is 10.2. The predicted octanol–water partition coefficient (Wildman–Crippen LogP) is 7.01. The van der Waals surface area contributed by atoms with E-state index in [1.807, 2.05) is 0 Å². The molecule has 0 radical (unpaired) electrons. The number of nitro benzene ring substituents is 1. The molecule has 11 heteroatoms. The number of benzene rings is 2. The minimum absolute atomic E-state index is 0.0592. The third kappa shape index (κ3) is 5.19. The Labute approximate surface area is 195 Å². The van der Waals surface area contributed by atoms with E-state index in [1.54, 1.807) is 36.4 Å². The van der Waals surface area contributed by atoms with E-state index in [9.17, 15) is 20.2 Å². The number of furan rings is 1. The number of nitrogens with one attached hydrogen (secondary N) is 1. The molecule has 0 saturated carbocycles. The molecule has 7 nitrogen and oxygen atoms in total. The second kappa shape index (κ2) is 9.41. The van der Waals surface area contributed by atoms with Crippen LogP contribution in [-0.4, -0.2) is 10.8 Å². The standard InChI is InChI=1S/C20H9Cl4N3O4/c21-14-3-1-10(6-15(14)22)18-4-2-13(31-18)5-11(9-25)20(28)26-19-16(23)7-12(27(29)30)8-17(19)24/h1-8H,(H,26,28)/b11-5+. The van der Waals surface area contributed by atoms with Crippen molar-refractivity contribution in [2.24, 2.45) is 0 Å². The topological polar surface area (TPSA) is 109 Å². The van der Waals surface area contributed by atoms with Crippen LogP contribution in [0, 0.1) is 21.4 Å². The zero-order chi connectivity index (χ0) is 22.7. The first-order valence-corrected chi connectivity index (χ1v) is 9.82. The number of nitro groups is 1. The molecule has 0 aliphatic rings. The van der Waals surface area contributed by atoms with Gasteiger partial charge in [-0.1, -0.05) is 46.4 Å². The third-order valence-corrected chi connectivity index (χ3v) is 5.29. The van der Waals surface area contributed by atoms with E-state index in [1.165, 1.54) is 6.08 Å². The van der Waals surface area contributed by atoms with E-state index in [0.717, 1.165) is 12.1 Å². The van der Waals surface area contributed by atoms with Crippen molar-refractivity contribution >= 4 is 69.8 Å². The summed E-state index contributed by atoms with van der Waals surface area (Å²) in [6.07, 6.45) is 1.23. The minimum Gasteiger partial charge on any atom is -0.457 e. The number of halogens is 4. The first-order valence-electron chi connectivity index (χ1n) is 8.31. The molecule has 3 rings (SSSR count). The van der Waals surface area contributed by atoms with Gasteiger partial charge in [0.25, 0.3) is 11.6 Å². The molecule has 0 atom stereocenters. The number of carbonyl (C=O) groups excluding carboxylic acids is 1. The highest BCUT2D eigenvalue weighted by atomic mass is 35.5. The average molecular weight is 497 g/mol. The van der Waals surface area contributed by atoms with Gasteiger partial charge in [-0.25, -0.2) is 0 Å². The maximum Gasteiger partial charge on any atom is 0.272 e. The van der Waals surface area contributed by atoms with Crippen LogP contribution in [0.4, 0.5) is 11.4 Å². The Morgan fingerprint density at radius 3 is 2.29 bits per heavy atom. The Bertz CT molecular complexity index is 1250. The molecule has 0 fully saturated rings. The van der Waals surface area contributed by atoms with Crippen molar-refractivity contribution < 1.29 is 14.1 Å². The fourth-order valence-corrected chi connectivity index (χ4v) is 3.36. The first-order chi connectivity index (χ1) is 14.7. The second-order valence-corrected chi connectivity index (χ2v) is 7.63. The Kier molecular flexibility index (Phi) is 6.88. The molecule has 2 aromatic carbocycles. The molecule has 0 spiro atoms. The maximum absolute atomic E-state index is 12.5. The van der Waals surface area contributed by atoms with Crippen molar-refractivity contribution in [1.29, 1.82) is 5.26 Å².